The quantitative estimate of drug-likeness (QED) is 0.463. The Morgan fingerprint density at radius 3 is 2.39 bits per heavy atom. The molecule has 0 bridgehead atoms. The lowest BCUT2D eigenvalue weighted by Crippen LogP contribution is -2.21. The van der Waals surface area contributed by atoms with Crippen LogP contribution in [0, 0.1) is 11.3 Å². The van der Waals surface area contributed by atoms with E-state index in [2.05, 4.69) is 46.6 Å². The first-order valence-corrected chi connectivity index (χ1v) is 11.0. The summed E-state index contributed by atoms with van der Waals surface area (Å²) >= 11 is 0. The summed E-state index contributed by atoms with van der Waals surface area (Å²) in [5.74, 6) is -4.56. The van der Waals surface area contributed by atoms with Crippen molar-refractivity contribution in [1.29, 1.82) is 5.26 Å². The fraction of sp³-hybridized carbons (Fsp3) is 0.409. The fourth-order valence-corrected chi connectivity index (χ4v) is 3.94. The van der Waals surface area contributed by atoms with E-state index in [1.807, 2.05) is 0 Å². The molecule has 14 heteroatoms. The summed E-state index contributed by atoms with van der Waals surface area (Å²) in [4.78, 5) is 23.6. The molecule has 2 saturated carbocycles. The number of aromatic nitrogens is 6. The van der Waals surface area contributed by atoms with Crippen molar-refractivity contribution in [2.24, 2.45) is 0 Å². The molecule has 5 rings (SSSR count). The van der Waals surface area contributed by atoms with Crippen LogP contribution in [0.5, 0.6) is 0 Å². The standard InChI is InChI=1S/C22H18F5N9/c23-21(24)4-1-13(10-21)32-19-35-16(14-3-8-30-17(33-14)22(25,26)27)34-18(36-19)31-12-2-7-29-15(9-12)20(11-28)5-6-20/h2-3,7-9,13H,1,4-6,10H2,(H2,29,31,32,34,35,36)/t13-/m1/s1. The normalized spacial score (nSPS) is 19.9. The van der Waals surface area contributed by atoms with E-state index in [9.17, 15) is 27.2 Å². The number of nitrogens with one attached hydrogen (secondary N) is 2. The Hall–Kier alpha value is -4.02. The van der Waals surface area contributed by atoms with Gasteiger partial charge in [-0.25, -0.2) is 18.7 Å². The topological polar surface area (TPSA) is 125 Å². The zero-order valence-corrected chi connectivity index (χ0v) is 18.5. The van der Waals surface area contributed by atoms with Gasteiger partial charge in [0.2, 0.25) is 23.6 Å². The number of pyridine rings is 1. The molecule has 2 aliphatic rings. The lowest BCUT2D eigenvalue weighted by Gasteiger charge is -2.15. The van der Waals surface area contributed by atoms with Crippen molar-refractivity contribution in [1.82, 2.24) is 29.9 Å². The predicted molar refractivity (Wildman–Crippen MR) is 116 cm³/mol. The van der Waals surface area contributed by atoms with Crippen LogP contribution in [0.3, 0.4) is 0 Å². The number of nitrogens with zero attached hydrogens (tertiary/aromatic N) is 7. The van der Waals surface area contributed by atoms with Crippen molar-refractivity contribution in [3.8, 4) is 17.6 Å². The van der Waals surface area contributed by atoms with Gasteiger partial charge in [-0.05, 0) is 37.5 Å². The molecular weight excluding hydrogens is 485 g/mol. The lowest BCUT2D eigenvalue weighted by atomic mass is 10.0. The van der Waals surface area contributed by atoms with Gasteiger partial charge in [-0.3, -0.25) is 4.98 Å². The van der Waals surface area contributed by atoms with Crippen LogP contribution in [-0.4, -0.2) is 41.9 Å². The number of anilines is 3. The summed E-state index contributed by atoms with van der Waals surface area (Å²) in [7, 11) is 0. The van der Waals surface area contributed by atoms with Gasteiger partial charge in [0.15, 0.2) is 5.82 Å². The molecule has 3 heterocycles. The van der Waals surface area contributed by atoms with E-state index in [4.69, 9.17) is 0 Å². The summed E-state index contributed by atoms with van der Waals surface area (Å²) in [5.41, 5.74) is 0.189. The molecule has 3 aromatic heterocycles. The molecule has 3 aromatic rings. The molecule has 0 spiro atoms. The van der Waals surface area contributed by atoms with Gasteiger partial charge in [-0.2, -0.15) is 33.4 Å². The minimum absolute atomic E-state index is 0.0571. The Balaban J connectivity index is 1.49. The molecule has 0 saturated heterocycles. The van der Waals surface area contributed by atoms with Gasteiger partial charge in [0, 0.05) is 37.0 Å². The Labute approximate surface area is 201 Å². The highest BCUT2D eigenvalue weighted by atomic mass is 19.4. The Bertz CT molecular complexity index is 1330. The van der Waals surface area contributed by atoms with Crippen LogP contribution in [0.4, 0.5) is 39.5 Å². The zero-order valence-electron chi connectivity index (χ0n) is 18.5. The van der Waals surface area contributed by atoms with Gasteiger partial charge in [0.1, 0.15) is 5.69 Å². The molecule has 0 aliphatic heterocycles. The van der Waals surface area contributed by atoms with Crippen molar-refractivity contribution in [3.05, 3.63) is 42.1 Å². The van der Waals surface area contributed by atoms with Gasteiger partial charge in [-0.1, -0.05) is 0 Å². The first-order chi connectivity index (χ1) is 17.1. The van der Waals surface area contributed by atoms with Gasteiger partial charge in [-0.15, -0.1) is 0 Å². The highest BCUT2D eigenvalue weighted by Crippen LogP contribution is 2.47. The van der Waals surface area contributed by atoms with Crippen LogP contribution < -0.4 is 10.6 Å². The number of hydrogen-bond acceptors (Lipinski definition) is 9. The molecule has 1 atom stereocenters. The third-order valence-corrected chi connectivity index (χ3v) is 5.98. The molecule has 0 amide bonds. The Morgan fingerprint density at radius 1 is 0.972 bits per heavy atom. The van der Waals surface area contributed by atoms with Gasteiger partial charge >= 0.3 is 6.18 Å². The first-order valence-electron chi connectivity index (χ1n) is 11.0. The van der Waals surface area contributed by atoms with E-state index in [1.54, 1.807) is 12.1 Å². The van der Waals surface area contributed by atoms with Crippen LogP contribution >= 0.6 is 0 Å². The molecule has 0 radical (unpaired) electrons. The molecule has 186 valence electrons. The average Bonchev–Trinajstić information content (AvgIpc) is 3.56. The van der Waals surface area contributed by atoms with E-state index in [1.165, 1.54) is 12.3 Å². The number of halogens is 5. The van der Waals surface area contributed by atoms with Crippen molar-refractivity contribution in [2.45, 2.75) is 55.7 Å². The van der Waals surface area contributed by atoms with Gasteiger partial charge < -0.3 is 10.6 Å². The summed E-state index contributed by atoms with van der Waals surface area (Å²) in [6.45, 7) is 0. The highest BCUT2D eigenvalue weighted by Gasteiger charge is 2.46. The van der Waals surface area contributed by atoms with Crippen LogP contribution in [0.15, 0.2) is 30.6 Å². The number of rotatable bonds is 6. The molecule has 0 aromatic carbocycles. The molecule has 2 fully saturated rings. The Kier molecular flexibility index (Phi) is 5.65. The van der Waals surface area contributed by atoms with Crippen molar-refractivity contribution < 1.29 is 22.0 Å². The highest BCUT2D eigenvalue weighted by molar-refractivity contribution is 5.59. The summed E-state index contributed by atoms with van der Waals surface area (Å²) in [6, 6.07) is 6.10. The second-order valence-electron chi connectivity index (χ2n) is 8.76. The SMILES string of the molecule is N#CC1(c2cc(Nc3nc(N[C@@H]4CCC(F)(F)C4)nc(-c4ccnc(C(F)(F)F)n4)n3)ccn2)CC1. The minimum atomic E-state index is -4.78. The predicted octanol–water partition coefficient (Wildman–Crippen LogP) is 4.64. The second-order valence-corrected chi connectivity index (χ2v) is 8.76. The maximum Gasteiger partial charge on any atom is 0.451 e. The van der Waals surface area contributed by atoms with Gasteiger partial charge in [0.25, 0.3) is 0 Å². The number of hydrogen-bond donors (Lipinski definition) is 2. The zero-order chi connectivity index (χ0) is 25.6. The summed E-state index contributed by atoms with van der Waals surface area (Å²) in [5, 5.41) is 15.2. The van der Waals surface area contributed by atoms with Crippen LogP contribution in [0.1, 0.15) is 43.6 Å². The number of nitriles is 1. The smallest absolute Gasteiger partial charge is 0.351 e. The monoisotopic (exact) mass is 503 g/mol. The fourth-order valence-electron chi connectivity index (χ4n) is 3.94. The minimum Gasteiger partial charge on any atom is -0.351 e. The van der Waals surface area contributed by atoms with E-state index >= 15 is 0 Å². The molecular formula is C22H18F5N9. The molecule has 36 heavy (non-hydrogen) atoms. The molecule has 2 N–H and O–H groups in total. The van der Waals surface area contributed by atoms with E-state index < -0.39 is 35.8 Å². The van der Waals surface area contributed by atoms with Gasteiger partial charge in [0.05, 0.1) is 17.2 Å². The Morgan fingerprint density at radius 2 is 1.72 bits per heavy atom. The van der Waals surface area contributed by atoms with E-state index in [0.717, 1.165) is 6.20 Å². The van der Waals surface area contributed by atoms with Crippen LogP contribution in [-0.2, 0) is 11.6 Å². The summed E-state index contributed by atoms with van der Waals surface area (Å²) in [6.07, 6.45) is -1.52. The molecule has 0 unspecified atom stereocenters. The lowest BCUT2D eigenvalue weighted by molar-refractivity contribution is -0.144. The maximum absolute atomic E-state index is 13.7. The molecule has 2 aliphatic carbocycles. The second kappa shape index (κ2) is 8.58. The van der Waals surface area contributed by atoms with Crippen molar-refractivity contribution in [3.63, 3.8) is 0 Å². The molecule has 9 nitrogen and oxygen atoms in total. The van der Waals surface area contributed by atoms with Crippen LogP contribution in [0.25, 0.3) is 11.5 Å². The maximum atomic E-state index is 13.7. The largest absolute Gasteiger partial charge is 0.451 e. The third kappa shape index (κ3) is 5.00. The van der Waals surface area contributed by atoms with Crippen LogP contribution in [0.2, 0.25) is 0 Å². The average molecular weight is 503 g/mol. The first kappa shape index (κ1) is 23.7. The third-order valence-electron chi connectivity index (χ3n) is 5.98. The van der Waals surface area contributed by atoms with Crippen molar-refractivity contribution >= 4 is 17.6 Å². The number of alkyl halides is 5. The van der Waals surface area contributed by atoms with E-state index in [-0.39, 0.29) is 36.3 Å². The van der Waals surface area contributed by atoms with E-state index in [0.29, 0.717) is 24.2 Å². The van der Waals surface area contributed by atoms with Crippen molar-refractivity contribution in [2.75, 3.05) is 10.6 Å². The summed E-state index contributed by atoms with van der Waals surface area (Å²) < 4.78 is 66.8.